The summed E-state index contributed by atoms with van der Waals surface area (Å²) in [6, 6.07) is 22.3. The van der Waals surface area contributed by atoms with Crippen molar-refractivity contribution in [1.29, 1.82) is 0 Å². The molecular formula is C29H26N4O4S. The number of nitrogens with zero attached hydrogens (tertiary/aromatic N) is 4. The van der Waals surface area contributed by atoms with Gasteiger partial charge in [-0.05, 0) is 79.2 Å². The average Bonchev–Trinajstić information content (AvgIpc) is 3.41. The molecule has 4 aromatic rings. The van der Waals surface area contributed by atoms with Gasteiger partial charge in [-0.2, -0.15) is 0 Å². The van der Waals surface area contributed by atoms with Gasteiger partial charge in [0.2, 0.25) is 11.1 Å². The smallest absolute Gasteiger partial charge is 0.227 e. The zero-order valence-electron chi connectivity index (χ0n) is 21.1. The number of ether oxygens (including phenoxy) is 2. The highest BCUT2D eigenvalue weighted by Crippen LogP contribution is 2.32. The second-order valence-corrected chi connectivity index (χ2v) is 9.60. The Hall–Kier alpha value is -4.24. The van der Waals surface area contributed by atoms with E-state index in [0.29, 0.717) is 28.5 Å². The van der Waals surface area contributed by atoms with Crippen LogP contribution in [0.25, 0.3) is 22.5 Å². The first kappa shape index (κ1) is 25.4. The highest BCUT2D eigenvalue weighted by Gasteiger charge is 2.22. The molecule has 38 heavy (non-hydrogen) atoms. The number of amides is 1. The summed E-state index contributed by atoms with van der Waals surface area (Å²) in [6.45, 7) is 0.718. The number of carbonyl (C=O) groups is 2. The third kappa shape index (κ3) is 5.52. The molecule has 0 aliphatic carbocycles. The summed E-state index contributed by atoms with van der Waals surface area (Å²) >= 11 is 1.24. The molecule has 1 saturated heterocycles. The van der Waals surface area contributed by atoms with Crippen molar-refractivity contribution in [2.45, 2.75) is 18.0 Å². The lowest BCUT2D eigenvalue weighted by Gasteiger charge is -2.15. The molecule has 1 aliphatic heterocycles. The van der Waals surface area contributed by atoms with Gasteiger partial charge in [0, 0.05) is 35.3 Å². The number of Topliss-reactive ketones (excluding diaryl/α,β-unsaturated/α-hetero) is 1. The summed E-state index contributed by atoms with van der Waals surface area (Å²) < 4.78 is 10.6. The van der Waals surface area contributed by atoms with E-state index in [1.54, 1.807) is 31.3 Å². The van der Waals surface area contributed by atoms with Crippen LogP contribution in [0.5, 0.6) is 11.5 Å². The van der Waals surface area contributed by atoms with E-state index in [1.807, 2.05) is 60.7 Å². The molecule has 192 valence electrons. The van der Waals surface area contributed by atoms with E-state index in [2.05, 4.69) is 10.2 Å². The zero-order valence-corrected chi connectivity index (χ0v) is 21.9. The predicted octanol–water partition coefficient (Wildman–Crippen LogP) is 5.32. The number of aromatic nitrogens is 3. The lowest BCUT2D eigenvalue weighted by atomic mass is 10.0. The van der Waals surface area contributed by atoms with Gasteiger partial charge in [0.25, 0.3) is 0 Å². The maximum absolute atomic E-state index is 12.9. The average molecular weight is 527 g/mol. The summed E-state index contributed by atoms with van der Waals surface area (Å²) in [7, 11) is 3.24. The van der Waals surface area contributed by atoms with E-state index in [9.17, 15) is 9.59 Å². The molecule has 1 aromatic heterocycles. The lowest BCUT2D eigenvalue weighted by molar-refractivity contribution is -0.117. The molecule has 1 aliphatic rings. The predicted molar refractivity (Wildman–Crippen MR) is 147 cm³/mol. The molecule has 5 rings (SSSR count). The largest absolute Gasteiger partial charge is 0.497 e. The van der Waals surface area contributed by atoms with E-state index in [-0.39, 0.29) is 17.4 Å². The third-order valence-corrected chi connectivity index (χ3v) is 7.14. The van der Waals surface area contributed by atoms with Crippen LogP contribution in [0.1, 0.15) is 23.2 Å². The quantitative estimate of drug-likeness (QED) is 0.214. The van der Waals surface area contributed by atoms with Crippen LogP contribution in [-0.4, -0.2) is 53.4 Å². The summed E-state index contributed by atoms with van der Waals surface area (Å²) in [6.07, 6.45) is 1.43. The minimum absolute atomic E-state index is 0.0527. The van der Waals surface area contributed by atoms with Crippen LogP contribution in [0, 0.1) is 0 Å². The molecule has 0 N–H and O–H groups in total. The first-order chi connectivity index (χ1) is 18.6. The van der Waals surface area contributed by atoms with Gasteiger partial charge in [-0.25, -0.2) is 4.98 Å². The Morgan fingerprint density at radius 1 is 0.842 bits per heavy atom. The Morgan fingerprint density at radius 2 is 1.45 bits per heavy atom. The van der Waals surface area contributed by atoms with E-state index < -0.39 is 0 Å². The molecule has 1 fully saturated rings. The van der Waals surface area contributed by atoms with Crippen LogP contribution in [0.15, 0.2) is 78.0 Å². The van der Waals surface area contributed by atoms with Gasteiger partial charge < -0.3 is 14.4 Å². The Morgan fingerprint density at radius 3 is 2.00 bits per heavy atom. The van der Waals surface area contributed by atoms with Crippen LogP contribution in [0.4, 0.5) is 5.69 Å². The molecule has 2 heterocycles. The fourth-order valence-corrected chi connectivity index (χ4v) is 4.91. The number of rotatable bonds is 9. The van der Waals surface area contributed by atoms with Crippen molar-refractivity contribution < 1.29 is 19.1 Å². The second-order valence-electron chi connectivity index (χ2n) is 8.66. The van der Waals surface area contributed by atoms with E-state index >= 15 is 0 Å². The first-order valence-corrected chi connectivity index (χ1v) is 13.1. The number of ketones is 1. The maximum Gasteiger partial charge on any atom is 0.227 e. The Bertz CT molecular complexity index is 1440. The minimum atomic E-state index is -0.0527. The van der Waals surface area contributed by atoms with Gasteiger partial charge >= 0.3 is 0 Å². The van der Waals surface area contributed by atoms with Crippen LogP contribution < -0.4 is 14.4 Å². The number of hydrogen-bond acceptors (Lipinski definition) is 8. The Labute approximate surface area is 225 Å². The molecule has 1 amide bonds. The Balaban J connectivity index is 1.36. The fraction of sp³-hybridized carbons (Fsp3) is 0.207. The number of methoxy groups -OCH3 is 2. The number of hydrogen-bond donors (Lipinski definition) is 0. The molecule has 0 atom stereocenters. The molecule has 9 heteroatoms. The van der Waals surface area contributed by atoms with Crippen molar-refractivity contribution in [1.82, 2.24) is 15.2 Å². The third-order valence-electron chi connectivity index (χ3n) is 6.30. The van der Waals surface area contributed by atoms with Crippen molar-refractivity contribution in [3.05, 3.63) is 78.4 Å². The molecule has 0 unspecified atom stereocenters. The van der Waals surface area contributed by atoms with Gasteiger partial charge in [-0.15, -0.1) is 10.2 Å². The molecule has 0 radical (unpaired) electrons. The SMILES string of the molecule is COc1ccc(-c2nnc(SCC(=O)c3ccc(N4CCCC4=O)cc3)nc2-c2ccc(OC)cc2)cc1. The molecular weight excluding hydrogens is 500 g/mol. The topological polar surface area (TPSA) is 94.5 Å². The molecule has 0 bridgehead atoms. The van der Waals surface area contributed by atoms with Gasteiger partial charge in [0.15, 0.2) is 5.78 Å². The maximum atomic E-state index is 12.9. The van der Waals surface area contributed by atoms with Crippen LogP contribution in [0.2, 0.25) is 0 Å². The van der Waals surface area contributed by atoms with E-state index in [1.165, 1.54) is 11.8 Å². The van der Waals surface area contributed by atoms with Crippen molar-refractivity contribution >= 4 is 29.1 Å². The molecule has 8 nitrogen and oxygen atoms in total. The fourth-order valence-electron chi connectivity index (χ4n) is 4.23. The van der Waals surface area contributed by atoms with E-state index in [0.717, 1.165) is 41.3 Å². The highest BCUT2D eigenvalue weighted by molar-refractivity contribution is 7.99. The van der Waals surface area contributed by atoms with Crippen molar-refractivity contribution in [3.8, 4) is 34.0 Å². The molecule has 0 saturated carbocycles. The minimum Gasteiger partial charge on any atom is -0.497 e. The van der Waals surface area contributed by atoms with Crippen molar-refractivity contribution in [2.24, 2.45) is 0 Å². The highest BCUT2D eigenvalue weighted by atomic mass is 32.2. The van der Waals surface area contributed by atoms with Crippen LogP contribution in [-0.2, 0) is 4.79 Å². The normalized spacial score (nSPS) is 13.0. The summed E-state index contributed by atoms with van der Waals surface area (Å²) in [4.78, 5) is 31.4. The monoisotopic (exact) mass is 526 g/mol. The van der Waals surface area contributed by atoms with Crippen molar-refractivity contribution in [3.63, 3.8) is 0 Å². The van der Waals surface area contributed by atoms with Gasteiger partial charge in [-0.1, -0.05) is 11.8 Å². The lowest BCUT2D eigenvalue weighted by Crippen LogP contribution is -2.23. The number of carbonyl (C=O) groups excluding carboxylic acids is 2. The summed E-state index contributed by atoms with van der Waals surface area (Å²) in [5.74, 6) is 1.71. The van der Waals surface area contributed by atoms with Gasteiger partial charge in [-0.3, -0.25) is 9.59 Å². The zero-order chi connectivity index (χ0) is 26.5. The number of anilines is 1. The van der Waals surface area contributed by atoms with Gasteiger partial charge in [0.1, 0.15) is 22.9 Å². The van der Waals surface area contributed by atoms with Crippen LogP contribution in [0.3, 0.4) is 0 Å². The molecule has 0 spiro atoms. The van der Waals surface area contributed by atoms with Gasteiger partial charge in [0.05, 0.1) is 20.0 Å². The molecule has 3 aromatic carbocycles. The van der Waals surface area contributed by atoms with E-state index in [4.69, 9.17) is 14.5 Å². The standard InChI is InChI=1S/C29H26N4O4S/c1-36-23-13-7-20(8-14-23)27-28(21-9-15-24(37-2)16-10-21)31-32-29(30-27)38-18-25(34)19-5-11-22(12-6-19)33-17-3-4-26(33)35/h5-16H,3-4,17-18H2,1-2H3. The Kier molecular flexibility index (Phi) is 7.65. The second kappa shape index (κ2) is 11.4. The summed E-state index contributed by atoms with van der Waals surface area (Å²) in [5.41, 5.74) is 4.38. The van der Waals surface area contributed by atoms with Crippen LogP contribution >= 0.6 is 11.8 Å². The van der Waals surface area contributed by atoms with Crippen molar-refractivity contribution in [2.75, 3.05) is 31.4 Å². The first-order valence-electron chi connectivity index (χ1n) is 12.2. The number of thioether (sulfide) groups is 1. The summed E-state index contributed by atoms with van der Waals surface area (Å²) in [5, 5.41) is 9.19. The number of benzene rings is 3.